The normalized spacial score (nSPS) is 17.0. The summed E-state index contributed by atoms with van der Waals surface area (Å²) in [7, 11) is 0. The molecule has 0 radical (unpaired) electrons. The number of thioether (sulfide) groups is 1. The van der Waals surface area contributed by atoms with Gasteiger partial charge in [-0.05, 0) is 30.7 Å². The summed E-state index contributed by atoms with van der Waals surface area (Å²) < 4.78 is 1.40. The van der Waals surface area contributed by atoms with E-state index in [1.165, 1.54) is 10.9 Å². The molecule has 132 valence electrons. The van der Waals surface area contributed by atoms with E-state index < -0.39 is 0 Å². The van der Waals surface area contributed by atoms with Crippen molar-refractivity contribution < 1.29 is 4.79 Å². The van der Waals surface area contributed by atoms with Crippen LogP contribution in [-0.2, 0) is 11.3 Å². The Morgan fingerprint density at radius 2 is 1.96 bits per heavy atom. The van der Waals surface area contributed by atoms with E-state index in [1.807, 2.05) is 30.3 Å². The van der Waals surface area contributed by atoms with Crippen LogP contribution in [0.5, 0.6) is 0 Å². The summed E-state index contributed by atoms with van der Waals surface area (Å²) in [6.45, 7) is 2.82. The summed E-state index contributed by atoms with van der Waals surface area (Å²) in [6, 6.07) is 15.1. The van der Waals surface area contributed by atoms with E-state index in [9.17, 15) is 9.59 Å². The van der Waals surface area contributed by atoms with Crippen LogP contribution in [-0.4, -0.2) is 27.3 Å². The van der Waals surface area contributed by atoms with Crippen LogP contribution >= 0.6 is 11.8 Å². The lowest BCUT2D eigenvalue weighted by Crippen LogP contribution is -2.37. The van der Waals surface area contributed by atoms with Gasteiger partial charge in [0.15, 0.2) is 0 Å². The fourth-order valence-electron chi connectivity index (χ4n) is 3.20. The fraction of sp³-hybridized carbons (Fsp3) is 0.250. The highest BCUT2D eigenvalue weighted by Crippen LogP contribution is 2.37. The second-order valence-electron chi connectivity index (χ2n) is 6.43. The quantitative estimate of drug-likeness (QED) is 0.699. The summed E-state index contributed by atoms with van der Waals surface area (Å²) in [4.78, 5) is 32.9. The van der Waals surface area contributed by atoms with Gasteiger partial charge < -0.3 is 4.90 Å². The van der Waals surface area contributed by atoms with Gasteiger partial charge in [0.2, 0.25) is 5.91 Å². The number of amides is 1. The van der Waals surface area contributed by atoms with Crippen molar-refractivity contribution in [2.75, 3.05) is 11.4 Å². The van der Waals surface area contributed by atoms with Gasteiger partial charge in [-0.25, -0.2) is 4.98 Å². The van der Waals surface area contributed by atoms with Crippen molar-refractivity contribution in [1.82, 2.24) is 9.55 Å². The molecule has 1 aliphatic rings. The molecule has 0 bridgehead atoms. The SMILES string of the molecule is C[C@@H]1CCN(C(=O)Cn2cnc3ccccc3c2=O)c2ccccc2S1. The molecule has 3 aromatic rings. The molecule has 1 aromatic heterocycles. The number of benzene rings is 2. The maximum Gasteiger partial charge on any atom is 0.261 e. The number of rotatable bonds is 2. The van der Waals surface area contributed by atoms with Crippen molar-refractivity contribution in [3.8, 4) is 0 Å². The van der Waals surface area contributed by atoms with Crippen molar-refractivity contribution in [2.45, 2.75) is 30.0 Å². The van der Waals surface area contributed by atoms with Crippen LogP contribution in [0.25, 0.3) is 10.9 Å². The predicted octanol–water partition coefficient (Wildman–Crippen LogP) is 3.31. The molecular weight excluding hydrogens is 346 g/mol. The first-order valence-electron chi connectivity index (χ1n) is 8.64. The van der Waals surface area contributed by atoms with Crippen LogP contribution in [0.15, 0.2) is 64.5 Å². The first-order valence-corrected chi connectivity index (χ1v) is 9.51. The molecule has 1 amide bonds. The monoisotopic (exact) mass is 365 g/mol. The summed E-state index contributed by atoms with van der Waals surface area (Å²) in [5.41, 5.74) is 1.38. The standard InChI is InChI=1S/C20H19N3O2S/c1-14-10-11-23(17-8-4-5-9-18(17)26-14)19(24)12-22-13-21-16-7-3-2-6-15(16)20(22)25/h2-9,13-14H,10-12H2,1H3/t14-/m1/s1. The van der Waals surface area contributed by atoms with Crippen molar-refractivity contribution in [2.24, 2.45) is 0 Å². The van der Waals surface area contributed by atoms with Crippen LogP contribution < -0.4 is 10.5 Å². The molecule has 4 rings (SSSR count). The van der Waals surface area contributed by atoms with Crippen molar-refractivity contribution in [3.63, 3.8) is 0 Å². The van der Waals surface area contributed by atoms with Gasteiger partial charge in [-0.15, -0.1) is 11.8 Å². The Kier molecular flexibility index (Phi) is 4.51. The molecule has 5 nitrogen and oxygen atoms in total. The van der Waals surface area contributed by atoms with E-state index in [2.05, 4.69) is 11.9 Å². The van der Waals surface area contributed by atoms with Crippen LogP contribution in [0.4, 0.5) is 5.69 Å². The smallest absolute Gasteiger partial charge is 0.261 e. The summed E-state index contributed by atoms with van der Waals surface area (Å²) in [6.07, 6.45) is 2.37. The highest BCUT2D eigenvalue weighted by Gasteiger charge is 2.24. The summed E-state index contributed by atoms with van der Waals surface area (Å²) in [5, 5.41) is 0.974. The maximum absolute atomic E-state index is 13.0. The van der Waals surface area contributed by atoms with E-state index in [0.717, 1.165) is 17.0 Å². The minimum atomic E-state index is -0.185. The van der Waals surface area contributed by atoms with Crippen LogP contribution in [0.3, 0.4) is 0 Å². The molecule has 2 aromatic carbocycles. The molecular formula is C20H19N3O2S. The topological polar surface area (TPSA) is 55.2 Å². The molecule has 2 heterocycles. The molecule has 0 unspecified atom stereocenters. The molecule has 0 saturated heterocycles. The highest BCUT2D eigenvalue weighted by molar-refractivity contribution is 8.00. The Hall–Kier alpha value is -2.60. The van der Waals surface area contributed by atoms with Gasteiger partial charge >= 0.3 is 0 Å². The molecule has 26 heavy (non-hydrogen) atoms. The Morgan fingerprint density at radius 3 is 2.85 bits per heavy atom. The van der Waals surface area contributed by atoms with Crippen molar-refractivity contribution in [3.05, 3.63) is 65.2 Å². The number of anilines is 1. The molecule has 0 spiro atoms. The number of hydrogen-bond acceptors (Lipinski definition) is 4. The zero-order chi connectivity index (χ0) is 18.1. The molecule has 0 N–H and O–H groups in total. The third kappa shape index (κ3) is 3.12. The first kappa shape index (κ1) is 16.8. The van der Waals surface area contributed by atoms with Crippen molar-refractivity contribution in [1.29, 1.82) is 0 Å². The maximum atomic E-state index is 13.0. The van der Waals surface area contributed by atoms with Crippen molar-refractivity contribution >= 4 is 34.3 Å². The van der Waals surface area contributed by atoms with Gasteiger partial charge in [0.1, 0.15) is 6.54 Å². The van der Waals surface area contributed by atoms with E-state index >= 15 is 0 Å². The number of aromatic nitrogens is 2. The van der Waals surface area contributed by atoms with Crippen LogP contribution in [0.1, 0.15) is 13.3 Å². The first-order chi connectivity index (χ1) is 12.6. The van der Waals surface area contributed by atoms with E-state index in [0.29, 0.717) is 22.7 Å². The predicted molar refractivity (Wildman–Crippen MR) is 105 cm³/mol. The summed E-state index contributed by atoms with van der Waals surface area (Å²) in [5.74, 6) is -0.0914. The van der Waals surface area contributed by atoms with E-state index in [-0.39, 0.29) is 18.0 Å². The zero-order valence-electron chi connectivity index (χ0n) is 14.5. The Labute approximate surface area is 155 Å². The lowest BCUT2D eigenvalue weighted by atomic mass is 10.2. The van der Waals surface area contributed by atoms with Gasteiger partial charge in [-0.2, -0.15) is 0 Å². The lowest BCUT2D eigenvalue weighted by Gasteiger charge is -2.23. The van der Waals surface area contributed by atoms with E-state index in [1.54, 1.807) is 34.9 Å². The van der Waals surface area contributed by atoms with Gasteiger partial charge in [-0.1, -0.05) is 31.2 Å². The minimum absolute atomic E-state index is 0.00987. The minimum Gasteiger partial charge on any atom is -0.310 e. The third-order valence-electron chi connectivity index (χ3n) is 4.58. The Balaban J connectivity index is 1.67. The lowest BCUT2D eigenvalue weighted by molar-refractivity contribution is -0.119. The van der Waals surface area contributed by atoms with Gasteiger partial charge in [0.25, 0.3) is 5.56 Å². The van der Waals surface area contributed by atoms with Gasteiger partial charge in [-0.3, -0.25) is 14.2 Å². The average molecular weight is 365 g/mol. The molecule has 0 saturated carbocycles. The highest BCUT2D eigenvalue weighted by atomic mass is 32.2. The molecule has 0 fully saturated rings. The molecule has 1 atom stereocenters. The van der Waals surface area contributed by atoms with Crippen LogP contribution in [0.2, 0.25) is 0 Å². The largest absolute Gasteiger partial charge is 0.310 e. The number of hydrogen-bond donors (Lipinski definition) is 0. The Bertz CT molecular complexity index is 1030. The number of carbonyl (C=O) groups is 1. The van der Waals surface area contributed by atoms with Gasteiger partial charge in [0, 0.05) is 16.7 Å². The number of carbonyl (C=O) groups excluding carboxylic acids is 1. The average Bonchev–Trinajstić information content (AvgIpc) is 2.82. The van der Waals surface area contributed by atoms with Crippen LogP contribution in [0, 0.1) is 0 Å². The number of nitrogens with zero attached hydrogens (tertiary/aromatic N) is 3. The second kappa shape index (κ2) is 6.96. The molecule has 6 heteroatoms. The number of para-hydroxylation sites is 2. The Morgan fingerprint density at radius 1 is 1.19 bits per heavy atom. The van der Waals surface area contributed by atoms with Gasteiger partial charge in [0.05, 0.1) is 22.9 Å². The molecule has 0 aliphatic carbocycles. The zero-order valence-corrected chi connectivity index (χ0v) is 15.3. The fourth-order valence-corrected chi connectivity index (χ4v) is 4.31. The van der Waals surface area contributed by atoms with E-state index in [4.69, 9.17) is 0 Å². The second-order valence-corrected chi connectivity index (χ2v) is 7.91. The summed E-state index contributed by atoms with van der Waals surface area (Å²) >= 11 is 1.79. The number of fused-ring (bicyclic) bond motifs is 2. The third-order valence-corrected chi connectivity index (χ3v) is 5.82. The molecule has 1 aliphatic heterocycles.